The highest BCUT2D eigenvalue weighted by Crippen LogP contribution is 2.38. The van der Waals surface area contributed by atoms with Crippen LogP contribution in [0.25, 0.3) is 33.4 Å². The molecule has 2 bridgehead atoms. The van der Waals surface area contributed by atoms with Crippen molar-refractivity contribution in [2.45, 2.75) is 213 Å². The minimum absolute atomic E-state index is 0.0200. The quantitative estimate of drug-likeness (QED) is 0.0238. The number of allylic oxidation sites excluding steroid dienone is 6. The van der Waals surface area contributed by atoms with Gasteiger partial charge in [-0.05, 0) is 155 Å². The van der Waals surface area contributed by atoms with E-state index in [1.807, 2.05) is 89.6 Å². The number of nitrogens with two attached hydrogens (primary N) is 2. The Hall–Kier alpha value is -11.3. The van der Waals surface area contributed by atoms with Crippen LogP contribution in [-0.2, 0) is 83.2 Å². The molecule has 1 aliphatic carbocycles. The Morgan fingerprint density at radius 1 is 0.698 bits per heavy atom. The van der Waals surface area contributed by atoms with Crippen molar-refractivity contribution in [2.24, 2.45) is 29.6 Å². The van der Waals surface area contributed by atoms with Crippen molar-refractivity contribution in [3.05, 3.63) is 143 Å². The third-order valence-electron chi connectivity index (χ3n) is 26.6. The second kappa shape index (κ2) is 43.9. The summed E-state index contributed by atoms with van der Waals surface area (Å²) >= 11 is 0. The van der Waals surface area contributed by atoms with Gasteiger partial charge in [-0.3, -0.25) is 33.7 Å². The molecule has 4 amide bonds. The van der Waals surface area contributed by atoms with Gasteiger partial charge in [-0.2, -0.15) is 10.1 Å². The lowest BCUT2D eigenvalue weighted by atomic mass is 9.81. The topological polar surface area (TPSA) is 417 Å². The standard InChI is InChI=1S/C95H124N18O16/c1-58-14-10-9-11-15-59(2)80(123-7)48-72-23-17-60(3)86(126-72)85(118)90(120)112-29-13-12-16-74(112)91(121)127-71(47-75(114)62(5)43-63(6)77(116)49-76(115)61(4)42-58)24-19-64-20-25-79(81(45-64)124-8)129-95(122)102-52-66-50-98-93(99-51-66)110-37-35-108(36-38-110)82(117)28-40-125-41-39-107-31-33-109(34-32-107)94-100-53-70(54-101-94)89(119)111-30-27-67-44-65(18-21-69(67)56-111)55-113-88-83(87(96)103-57-104-88)84(106-113)68-22-26-78-73(46-68)105-92(97)128-78/h9-11,14-15,18,21-22,26,43-44,46,50-51,53-54,57-58,60-62,64,71-72,74,77,79-81,86,116H,12-13,16-17,19-20,23-25,27-42,45,47-49,52,55-56H2,1-8H3,(H2,97,105)(H,102,122)(H2,96,103,104)/b11-9+,14-10+,59-15+,63-43+/t58-,60-,61-,62-,64-,71-,72?,74+,77+,79-,80+,81-,86?/m1/s1. The van der Waals surface area contributed by atoms with Gasteiger partial charge < -0.3 is 79.2 Å². The number of nitrogens with one attached hydrogen (secondary N) is 1. The molecule has 4 saturated heterocycles. The Morgan fingerprint density at radius 2 is 1.46 bits per heavy atom. The second-order valence-corrected chi connectivity index (χ2v) is 35.8. The number of carbonyl (C=O) groups is 8. The number of benzene rings is 2. The highest BCUT2D eigenvalue weighted by atomic mass is 16.6. The first-order valence-corrected chi connectivity index (χ1v) is 45.7. The maximum Gasteiger partial charge on any atom is 0.407 e. The number of methoxy groups -OCH3 is 2. The minimum Gasteiger partial charge on any atom is -0.460 e. The van der Waals surface area contributed by atoms with Crippen molar-refractivity contribution >= 4 is 93.0 Å². The Labute approximate surface area is 752 Å². The van der Waals surface area contributed by atoms with Crippen molar-refractivity contribution < 1.29 is 76.3 Å². The Balaban J connectivity index is 0.486. The van der Waals surface area contributed by atoms with E-state index in [0.717, 1.165) is 40.9 Å². The molecule has 13 atom stereocenters. The van der Waals surface area contributed by atoms with E-state index in [0.29, 0.717) is 212 Å². The van der Waals surface area contributed by atoms with Gasteiger partial charge in [0.2, 0.25) is 23.6 Å². The van der Waals surface area contributed by atoms with E-state index in [9.17, 15) is 43.5 Å². The van der Waals surface area contributed by atoms with Gasteiger partial charge in [-0.1, -0.05) is 82.4 Å². The number of rotatable bonds is 20. The fourth-order valence-electron chi connectivity index (χ4n) is 18.7. The van der Waals surface area contributed by atoms with Crippen molar-refractivity contribution in [3.8, 4) is 11.3 Å². The molecule has 7 aromatic rings. The molecule has 7 aliphatic rings. The van der Waals surface area contributed by atoms with Gasteiger partial charge in [0.1, 0.15) is 59.3 Å². The summed E-state index contributed by atoms with van der Waals surface area (Å²) in [7, 11) is 3.20. The van der Waals surface area contributed by atoms with Crippen molar-refractivity contribution in [2.75, 3.05) is 121 Å². The van der Waals surface area contributed by atoms with Crippen molar-refractivity contribution in [3.63, 3.8) is 0 Å². The molecule has 11 heterocycles. The van der Waals surface area contributed by atoms with Crippen LogP contribution in [0, 0.1) is 29.6 Å². The number of esters is 1. The number of amides is 4. The maximum atomic E-state index is 14.6. The molecule has 5 fully saturated rings. The molecule has 2 aromatic carbocycles. The molecule has 0 spiro atoms. The molecular weight excluding hydrogens is 1650 g/mol. The highest BCUT2D eigenvalue weighted by Gasteiger charge is 2.45. The molecular formula is C95H124N18O16. The van der Waals surface area contributed by atoms with Gasteiger partial charge in [-0.25, -0.2) is 44.2 Å². The summed E-state index contributed by atoms with van der Waals surface area (Å²) in [6, 6.07) is 10.8. The number of ketones is 3. The number of cyclic esters (lactones) is 1. The summed E-state index contributed by atoms with van der Waals surface area (Å²) in [5, 5.41) is 19.8. The number of ether oxygens (including phenoxy) is 6. The highest BCUT2D eigenvalue weighted by molar-refractivity contribution is 6.38. The molecule has 6 aliphatic heterocycles. The molecule has 0 radical (unpaired) electrons. The van der Waals surface area contributed by atoms with E-state index in [1.165, 1.54) is 11.2 Å². The van der Waals surface area contributed by atoms with E-state index >= 15 is 0 Å². The first kappa shape index (κ1) is 93.8. The van der Waals surface area contributed by atoms with E-state index < -0.39 is 66.2 Å². The number of fused-ring (bicyclic) bond motifs is 6. The first-order chi connectivity index (χ1) is 62.3. The zero-order valence-corrected chi connectivity index (χ0v) is 75.4. The Kier molecular flexibility index (Phi) is 31.9. The summed E-state index contributed by atoms with van der Waals surface area (Å²) in [6.45, 7) is 19.5. The Bertz CT molecular complexity index is 5230. The smallest absolute Gasteiger partial charge is 0.407 e. The van der Waals surface area contributed by atoms with Crippen LogP contribution in [0.3, 0.4) is 0 Å². The third kappa shape index (κ3) is 24.0. The summed E-state index contributed by atoms with van der Waals surface area (Å²) in [5.74, 6) is -2.43. The van der Waals surface area contributed by atoms with Gasteiger partial charge in [0.25, 0.3) is 17.8 Å². The van der Waals surface area contributed by atoms with Crippen LogP contribution in [0.2, 0.25) is 0 Å². The molecule has 34 heteroatoms. The number of oxazole rings is 1. The monoisotopic (exact) mass is 1770 g/mol. The number of nitrogen functional groups attached to an aromatic ring is 2. The molecule has 14 rings (SSSR count). The SMILES string of the molecule is CO[C@H]1CC2CC[C@@H](C)C(O2)C(=O)C(=O)N2CCCC[C@H]2C(=O)O[C@H](CC[C@@H]2CC[C@@H](OC(=O)NCc3cnc(N4CCN(C(=O)CCOCCN5CCN(c6ncc(C(=O)N7CCc8cc(Cn9nc(-c%10ccc%11oc(N)nc%11c%10)c%10c(N)ncnc%109)ccc8C7)cn6)CC5)CC4)nc3)[C@H](OC)C2)CC(=O)[C@H](C)/C=C(\C)[C@@H](O)CC(=O)[C@H](C)C[C@H](C)/C=C/C=C/C=C/1C. The Morgan fingerprint density at radius 3 is 2.22 bits per heavy atom. The van der Waals surface area contributed by atoms with Gasteiger partial charge in [0.15, 0.2) is 11.2 Å². The average molecular weight is 1770 g/mol. The van der Waals surface area contributed by atoms with Crippen LogP contribution in [0.15, 0.2) is 120 Å². The van der Waals surface area contributed by atoms with Gasteiger partial charge >= 0.3 is 12.1 Å². The summed E-state index contributed by atoms with van der Waals surface area (Å²) in [6.07, 6.45) is 21.0. The lowest BCUT2D eigenvalue weighted by molar-refractivity contribution is -0.169. The average Bonchev–Trinajstić information content (AvgIpc) is 1.61. The molecule has 34 nitrogen and oxygen atoms in total. The van der Waals surface area contributed by atoms with Gasteiger partial charge in [-0.15, -0.1) is 0 Å². The first-order valence-electron chi connectivity index (χ1n) is 45.7. The van der Waals surface area contributed by atoms with Crippen LogP contribution in [0.1, 0.15) is 170 Å². The van der Waals surface area contributed by atoms with E-state index in [-0.39, 0.29) is 110 Å². The zero-order valence-electron chi connectivity index (χ0n) is 75.4. The molecule has 6 N–H and O–H groups in total. The predicted molar refractivity (Wildman–Crippen MR) is 482 cm³/mol. The fraction of sp³-hybridized carbons (Fsp3) is 0.558. The number of anilines is 4. The number of Topliss-reactive ketones (excluding diaryl/α,β-unsaturated/α-hetero) is 3. The largest absolute Gasteiger partial charge is 0.460 e. The lowest BCUT2D eigenvalue weighted by Gasteiger charge is -2.38. The van der Waals surface area contributed by atoms with E-state index in [1.54, 1.807) is 65.0 Å². The number of piperazine rings is 2. The van der Waals surface area contributed by atoms with Crippen molar-refractivity contribution in [1.29, 1.82) is 0 Å². The number of carbonyl (C=O) groups excluding carboxylic acids is 8. The van der Waals surface area contributed by atoms with Crippen LogP contribution in [-0.4, -0.2) is 265 Å². The summed E-state index contributed by atoms with van der Waals surface area (Å²) in [4.78, 5) is 155. The van der Waals surface area contributed by atoms with Gasteiger partial charge in [0.05, 0.1) is 61.5 Å². The summed E-state index contributed by atoms with van der Waals surface area (Å²) in [5.41, 5.74) is 21.2. The molecule has 690 valence electrons. The number of alkyl carbamates (subject to hydrolysis) is 1. The van der Waals surface area contributed by atoms with Crippen LogP contribution >= 0.6 is 0 Å². The van der Waals surface area contributed by atoms with Gasteiger partial charge in [0, 0.05) is 166 Å². The number of nitrogens with zero attached hydrogens (tertiary/aromatic N) is 15. The second-order valence-electron chi connectivity index (χ2n) is 35.8. The van der Waals surface area contributed by atoms with Crippen LogP contribution in [0.4, 0.5) is 28.5 Å². The predicted octanol–water partition coefficient (Wildman–Crippen LogP) is 9.74. The zero-order chi connectivity index (χ0) is 90.9. The minimum atomic E-state index is -1.11. The summed E-state index contributed by atoms with van der Waals surface area (Å²) < 4.78 is 44.0. The normalized spacial score (nSPS) is 26.9. The third-order valence-corrected chi connectivity index (χ3v) is 26.6. The molecule has 129 heavy (non-hydrogen) atoms. The van der Waals surface area contributed by atoms with Crippen LogP contribution in [0.5, 0.6) is 0 Å². The fourth-order valence-corrected chi connectivity index (χ4v) is 18.7. The molecule has 1 saturated carbocycles. The lowest BCUT2D eigenvalue weighted by Crippen LogP contribution is -2.55. The molecule has 2 unspecified atom stereocenters. The van der Waals surface area contributed by atoms with E-state index in [2.05, 4.69) is 68.2 Å². The molecule has 5 aromatic heterocycles. The maximum absolute atomic E-state index is 14.6. The van der Waals surface area contributed by atoms with Crippen LogP contribution < -0.4 is 26.6 Å². The van der Waals surface area contributed by atoms with Crippen molar-refractivity contribution in [1.82, 2.24) is 69.6 Å². The number of aliphatic hydroxyl groups is 1. The number of aliphatic hydroxyl groups excluding tert-OH is 1. The number of aromatic nitrogens is 9. The number of hydrogen-bond donors (Lipinski definition) is 4. The number of hydrogen-bond acceptors (Lipinski definition) is 29. The number of piperidine rings is 1. The van der Waals surface area contributed by atoms with E-state index in [4.69, 9.17) is 49.4 Å².